The zero-order valence-corrected chi connectivity index (χ0v) is 16.1. The molecule has 3 heteroatoms. The Morgan fingerprint density at radius 2 is 1.46 bits per heavy atom. The van der Waals surface area contributed by atoms with Crippen molar-refractivity contribution in [3.63, 3.8) is 0 Å². The molecule has 4 atom stereocenters. The highest BCUT2D eigenvalue weighted by Gasteiger charge is 2.48. The van der Waals surface area contributed by atoms with Crippen LogP contribution < -0.4 is 5.32 Å². The van der Waals surface area contributed by atoms with Crippen molar-refractivity contribution in [3.8, 4) is 0 Å². The predicted molar refractivity (Wildman–Crippen MR) is 110 cm³/mol. The smallest absolute Gasteiger partial charge is 0.123 e. The van der Waals surface area contributed by atoms with Crippen molar-refractivity contribution in [3.05, 3.63) is 107 Å². The molecular weight excluding hydrogens is 349 g/mol. The summed E-state index contributed by atoms with van der Waals surface area (Å²) in [7, 11) is 0. The molecule has 28 heavy (non-hydrogen) atoms. The van der Waals surface area contributed by atoms with Gasteiger partial charge in [-0.05, 0) is 35.2 Å². The summed E-state index contributed by atoms with van der Waals surface area (Å²) in [6.07, 6.45) is 1.35. The predicted octanol–water partition coefficient (Wildman–Crippen LogP) is 5.52. The lowest BCUT2D eigenvalue weighted by Crippen LogP contribution is -2.51. The summed E-state index contributed by atoms with van der Waals surface area (Å²) in [5.74, 6) is -0.311. The van der Waals surface area contributed by atoms with Crippen LogP contribution in [0.5, 0.6) is 0 Å². The van der Waals surface area contributed by atoms with E-state index in [1.165, 1.54) is 12.1 Å². The molecule has 0 amide bonds. The van der Waals surface area contributed by atoms with Gasteiger partial charge in [-0.25, -0.2) is 4.39 Å². The number of nitrogens with one attached hydrogen (secondary N) is 1. The highest BCUT2D eigenvalue weighted by atomic mass is 19.1. The Hall–Kier alpha value is -2.49. The van der Waals surface area contributed by atoms with Crippen molar-refractivity contribution in [2.45, 2.75) is 37.5 Å². The molecule has 3 aromatic rings. The van der Waals surface area contributed by atoms with Gasteiger partial charge in [0.2, 0.25) is 0 Å². The SMILES string of the molecule is CC[C@@H]1[C@H](c2ccccc2)N[C@@H](c2ccccc2)C[C@@]1(O)c1ccc(F)cc1. The lowest BCUT2D eigenvalue weighted by atomic mass is 9.67. The fraction of sp³-hybridized carbons (Fsp3) is 0.280. The summed E-state index contributed by atoms with van der Waals surface area (Å²) in [5.41, 5.74) is 2.05. The minimum atomic E-state index is -1.05. The molecule has 144 valence electrons. The molecule has 1 saturated heterocycles. The average molecular weight is 375 g/mol. The number of piperidine rings is 1. The zero-order valence-electron chi connectivity index (χ0n) is 16.1. The van der Waals surface area contributed by atoms with Crippen LogP contribution in [0.2, 0.25) is 0 Å². The van der Waals surface area contributed by atoms with Crippen molar-refractivity contribution < 1.29 is 9.50 Å². The van der Waals surface area contributed by atoms with Crippen molar-refractivity contribution in [1.29, 1.82) is 0 Å². The van der Waals surface area contributed by atoms with Crippen molar-refractivity contribution in [2.24, 2.45) is 5.92 Å². The number of rotatable bonds is 4. The topological polar surface area (TPSA) is 32.3 Å². The standard InChI is InChI=1S/C25H26FNO/c1-2-22-24(19-11-7-4-8-12-19)27-23(18-9-5-3-6-10-18)17-25(22,28)20-13-15-21(26)16-14-20/h3-16,22-24,27-28H,2,17H2,1H3/t22-,23-,24+,25-/m1/s1. The quantitative estimate of drug-likeness (QED) is 0.630. The van der Waals surface area contributed by atoms with Crippen molar-refractivity contribution in [2.75, 3.05) is 0 Å². The molecule has 0 aliphatic carbocycles. The Morgan fingerprint density at radius 3 is 2.04 bits per heavy atom. The maximum atomic E-state index is 13.5. The first-order valence-electron chi connectivity index (χ1n) is 9.96. The second kappa shape index (κ2) is 7.86. The van der Waals surface area contributed by atoms with Crippen LogP contribution >= 0.6 is 0 Å². The second-order valence-electron chi connectivity index (χ2n) is 7.67. The van der Waals surface area contributed by atoms with E-state index in [0.717, 1.165) is 23.1 Å². The third kappa shape index (κ3) is 3.48. The summed E-state index contributed by atoms with van der Waals surface area (Å²) >= 11 is 0. The molecular formula is C25H26FNO. The first kappa shape index (κ1) is 18.9. The van der Waals surface area contributed by atoms with E-state index >= 15 is 0 Å². The van der Waals surface area contributed by atoms with Crippen molar-refractivity contribution in [1.82, 2.24) is 5.32 Å². The molecule has 0 saturated carbocycles. The molecule has 3 aromatic carbocycles. The molecule has 0 radical (unpaired) electrons. The third-order valence-corrected chi connectivity index (χ3v) is 6.06. The van der Waals surface area contributed by atoms with Crippen LogP contribution in [0.3, 0.4) is 0 Å². The van der Waals surface area contributed by atoms with E-state index in [-0.39, 0.29) is 23.8 Å². The third-order valence-electron chi connectivity index (χ3n) is 6.06. The molecule has 0 aromatic heterocycles. The first-order valence-corrected chi connectivity index (χ1v) is 9.96. The number of hydrogen-bond acceptors (Lipinski definition) is 2. The average Bonchev–Trinajstić information content (AvgIpc) is 2.75. The molecule has 1 aliphatic heterocycles. The van der Waals surface area contributed by atoms with E-state index < -0.39 is 5.60 Å². The van der Waals surface area contributed by atoms with E-state index in [4.69, 9.17) is 0 Å². The summed E-state index contributed by atoms with van der Waals surface area (Å²) in [5, 5.41) is 15.8. The molecule has 0 unspecified atom stereocenters. The van der Waals surface area contributed by atoms with Gasteiger partial charge in [-0.15, -0.1) is 0 Å². The van der Waals surface area contributed by atoms with Gasteiger partial charge in [0.1, 0.15) is 5.82 Å². The van der Waals surface area contributed by atoms with Crippen LogP contribution in [0.15, 0.2) is 84.9 Å². The lowest BCUT2D eigenvalue weighted by Gasteiger charge is -2.49. The summed E-state index contributed by atoms with van der Waals surface area (Å²) in [4.78, 5) is 0. The maximum Gasteiger partial charge on any atom is 0.123 e. The Morgan fingerprint density at radius 1 is 0.893 bits per heavy atom. The van der Waals surface area contributed by atoms with Crippen LogP contribution in [0.4, 0.5) is 4.39 Å². The molecule has 1 heterocycles. The minimum Gasteiger partial charge on any atom is -0.385 e. The molecule has 4 rings (SSSR count). The normalized spacial score (nSPS) is 27.5. The van der Waals surface area contributed by atoms with Crippen LogP contribution in [0.1, 0.15) is 48.5 Å². The van der Waals surface area contributed by atoms with Crippen LogP contribution in [-0.2, 0) is 5.60 Å². The Kier molecular flexibility index (Phi) is 5.29. The van der Waals surface area contributed by atoms with Crippen LogP contribution in [0.25, 0.3) is 0 Å². The van der Waals surface area contributed by atoms with Gasteiger partial charge in [-0.2, -0.15) is 0 Å². The van der Waals surface area contributed by atoms with E-state index in [1.54, 1.807) is 12.1 Å². The van der Waals surface area contributed by atoms with Gasteiger partial charge in [0.15, 0.2) is 0 Å². The monoisotopic (exact) mass is 375 g/mol. The summed E-state index contributed by atoms with van der Waals surface area (Å²) in [6, 6.07) is 26.9. The van der Waals surface area contributed by atoms with E-state index in [1.807, 2.05) is 36.4 Å². The second-order valence-corrected chi connectivity index (χ2v) is 7.67. The fourth-order valence-electron chi connectivity index (χ4n) is 4.66. The molecule has 1 aliphatic rings. The number of halogens is 1. The highest BCUT2D eigenvalue weighted by molar-refractivity contribution is 5.32. The van der Waals surface area contributed by atoms with Gasteiger partial charge in [0, 0.05) is 24.4 Å². The number of hydrogen-bond donors (Lipinski definition) is 2. The minimum absolute atomic E-state index is 0.000194. The van der Waals surface area contributed by atoms with E-state index in [2.05, 4.69) is 36.5 Å². The van der Waals surface area contributed by atoms with E-state index in [0.29, 0.717) is 6.42 Å². The molecule has 1 fully saturated rings. The molecule has 2 N–H and O–H groups in total. The molecule has 0 bridgehead atoms. The fourth-order valence-corrected chi connectivity index (χ4v) is 4.66. The molecule has 2 nitrogen and oxygen atoms in total. The van der Waals surface area contributed by atoms with Gasteiger partial charge in [0.05, 0.1) is 5.60 Å². The Balaban J connectivity index is 1.81. The van der Waals surface area contributed by atoms with Gasteiger partial charge in [0.25, 0.3) is 0 Å². The molecule has 0 spiro atoms. The van der Waals surface area contributed by atoms with Crippen molar-refractivity contribution >= 4 is 0 Å². The van der Waals surface area contributed by atoms with Gasteiger partial charge >= 0.3 is 0 Å². The van der Waals surface area contributed by atoms with Gasteiger partial charge < -0.3 is 10.4 Å². The van der Waals surface area contributed by atoms with Crippen LogP contribution in [0, 0.1) is 11.7 Å². The zero-order chi connectivity index (χ0) is 19.6. The Labute approximate surface area is 166 Å². The summed E-state index contributed by atoms with van der Waals surface area (Å²) < 4.78 is 13.5. The van der Waals surface area contributed by atoms with Gasteiger partial charge in [-0.3, -0.25) is 0 Å². The highest BCUT2D eigenvalue weighted by Crippen LogP contribution is 2.49. The largest absolute Gasteiger partial charge is 0.385 e. The van der Waals surface area contributed by atoms with Gasteiger partial charge in [-0.1, -0.05) is 79.7 Å². The summed E-state index contributed by atoms with van der Waals surface area (Å²) in [6.45, 7) is 2.11. The maximum absolute atomic E-state index is 13.5. The number of aliphatic hydroxyl groups is 1. The van der Waals surface area contributed by atoms with E-state index in [9.17, 15) is 9.50 Å². The number of benzene rings is 3. The lowest BCUT2D eigenvalue weighted by molar-refractivity contribution is -0.0830. The Bertz CT molecular complexity index is 897. The van der Waals surface area contributed by atoms with Crippen LogP contribution in [-0.4, -0.2) is 5.11 Å². The first-order chi connectivity index (χ1) is 13.6.